The molecule has 0 aliphatic carbocycles. The molecule has 1 amide bonds. The lowest BCUT2D eigenvalue weighted by atomic mass is 10.2. The second-order valence-corrected chi connectivity index (χ2v) is 3.17. The van der Waals surface area contributed by atoms with Crippen LogP contribution in [-0.4, -0.2) is 26.6 Å². The van der Waals surface area contributed by atoms with E-state index < -0.39 is 0 Å². The number of halogens is 1. The first-order valence-corrected chi connectivity index (χ1v) is 4.79. The lowest BCUT2D eigenvalue weighted by Gasteiger charge is -2.09. The predicted molar refractivity (Wildman–Crippen MR) is 67.0 cm³/mol. The van der Waals surface area contributed by atoms with Crippen molar-refractivity contribution in [2.45, 2.75) is 6.61 Å². The highest BCUT2D eigenvalue weighted by atomic mass is 35.5. The van der Waals surface area contributed by atoms with Crippen molar-refractivity contribution in [3.05, 3.63) is 29.8 Å². The molecule has 0 spiro atoms. The first-order valence-electron chi connectivity index (χ1n) is 4.79. The molecule has 0 fully saturated rings. The number of nitrogens with one attached hydrogen (secondary N) is 2. The van der Waals surface area contributed by atoms with Gasteiger partial charge in [0.15, 0.2) is 0 Å². The molecule has 2 N–H and O–H groups in total. The molecule has 0 heterocycles. The van der Waals surface area contributed by atoms with Gasteiger partial charge in [-0.05, 0) is 13.1 Å². The fourth-order valence-corrected chi connectivity index (χ4v) is 1.28. The maximum absolute atomic E-state index is 11.4. The van der Waals surface area contributed by atoms with E-state index in [0.29, 0.717) is 13.2 Å². The summed E-state index contributed by atoms with van der Waals surface area (Å²) < 4.78 is 5.04. The van der Waals surface area contributed by atoms with Crippen LogP contribution in [0.5, 0.6) is 0 Å². The van der Waals surface area contributed by atoms with Crippen molar-refractivity contribution < 1.29 is 9.53 Å². The summed E-state index contributed by atoms with van der Waals surface area (Å²) in [6, 6.07) is 7.59. The minimum absolute atomic E-state index is 0. The number of amides is 1. The fourth-order valence-electron chi connectivity index (χ4n) is 1.28. The molecule has 0 atom stereocenters. The van der Waals surface area contributed by atoms with Gasteiger partial charge in [0.1, 0.15) is 0 Å². The summed E-state index contributed by atoms with van der Waals surface area (Å²) in [5.74, 6) is -0.0546. The number of methoxy groups -OCH3 is 1. The van der Waals surface area contributed by atoms with E-state index in [1.54, 1.807) is 14.2 Å². The van der Waals surface area contributed by atoms with Crippen LogP contribution in [0.25, 0.3) is 0 Å². The van der Waals surface area contributed by atoms with Crippen molar-refractivity contribution >= 4 is 24.0 Å². The summed E-state index contributed by atoms with van der Waals surface area (Å²) >= 11 is 0. The van der Waals surface area contributed by atoms with E-state index >= 15 is 0 Å². The molecule has 0 bridgehead atoms. The van der Waals surface area contributed by atoms with Gasteiger partial charge in [-0.2, -0.15) is 0 Å². The normalized spacial score (nSPS) is 9.38. The van der Waals surface area contributed by atoms with Gasteiger partial charge >= 0.3 is 0 Å². The first kappa shape index (κ1) is 14.9. The quantitative estimate of drug-likeness (QED) is 0.824. The summed E-state index contributed by atoms with van der Waals surface area (Å²) in [4.78, 5) is 11.4. The molecule has 1 aromatic rings. The van der Waals surface area contributed by atoms with Crippen LogP contribution in [0.3, 0.4) is 0 Å². The van der Waals surface area contributed by atoms with Crippen LogP contribution in [0.1, 0.15) is 5.56 Å². The topological polar surface area (TPSA) is 50.4 Å². The van der Waals surface area contributed by atoms with Crippen molar-refractivity contribution in [3.63, 3.8) is 0 Å². The Morgan fingerprint density at radius 1 is 1.38 bits per heavy atom. The molecule has 4 nitrogen and oxygen atoms in total. The smallest absolute Gasteiger partial charge is 0.238 e. The maximum Gasteiger partial charge on any atom is 0.238 e. The average Bonchev–Trinajstić information content (AvgIpc) is 2.21. The number of carbonyl (C=O) groups excluding carboxylic acids is 1. The van der Waals surface area contributed by atoms with Crippen molar-refractivity contribution in [3.8, 4) is 0 Å². The maximum atomic E-state index is 11.4. The van der Waals surface area contributed by atoms with Gasteiger partial charge in [0.2, 0.25) is 5.91 Å². The number of rotatable bonds is 5. The molecular formula is C11H17ClN2O2. The second kappa shape index (κ2) is 8.10. The van der Waals surface area contributed by atoms with Crippen molar-refractivity contribution in [2.24, 2.45) is 0 Å². The van der Waals surface area contributed by atoms with E-state index in [2.05, 4.69) is 10.6 Å². The van der Waals surface area contributed by atoms with Crippen LogP contribution in [0.15, 0.2) is 24.3 Å². The summed E-state index contributed by atoms with van der Waals surface area (Å²) in [5.41, 5.74) is 1.78. The van der Waals surface area contributed by atoms with Crippen LogP contribution >= 0.6 is 12.4 Å². The van der Waals surface area contributed by atoms with Gasteiger partial charge in [-0.25, -0.2) is 0 Å². The monoisotopic (exact) mass is 244 g/mol. The molecule has 0 aliphatic rings. The molecule has 0 unspecified atom stereocenters. The standard InChI is InChI=1S/C11H16N2O2.ClH/c1-12-7-11(14)13-10-6-4-3-5-9(10)8-15-2;/h3-6,12H,7-8H2,1-2H3,(H,13,14);1H. The largest absolute Gasteiger partial charge is 0.380 e. The van der Waals surface area contributed by atoms with Crippen LogP contribution in [0.4, 0.5) is 5.69 Å². The zero-order valence-electron chi connectivity index (χ0n) is 9.45. The highest BCUT2D eigenvalue weighted by Crippen LogP contribution is 2.15. The average molecular weight is 245 g/mol. The van der Waals surface area contributed by atoms with Gasteiger partial charge in [-0.15, -0.1) is 12.4 Å². The minimum atomic E-state index is -0.0546. The van der Waals surface area contributed by atoms with Gasteiger partial charge in [0, 0.05) is 18.4 Å². The highest BCUT2D eigenvalue weighted by Gasteiger charge is 2.04. The number of hydrogen-bond donors (Lipinski definition) is 2. The molecule has 16 heavy (non-hydrogen) atoms. The van der Waals surface area contributed by atoms with Crippen LogP contribution in [0, 0.1) is 0 Å². The molecule has 1 aromatic carbocycles. The highest BCUT2D eigenvalue weighted by molar-refractivity contribution is 5.92. The SMILES string of the molecule is CNCC(=O)Nc1ccccc1COC.Cl. The molecule has 1 rings (SSSR count). The number of benzene rings is 1. The Hall–Kier alpha value is -1.10. The molecule has 0 radical (unpaired) electrons. The molecule has 0 saturated heterocycles. The van der Waals surface area contributed by atoms with Crippen molar-refractivity contribution in [1.29, 1.82) is 0 Å². The third-order valence-corrected chi connectivity index (χ3v) is 1.93. The molecule has 0 aliphatic heterocycles. The zero-order chi connectivity index (χ0) is 11.1. The number of ether oxygens (including phenoxy) is 1. The van der Waals surface area contributed by atoms with E-state index in [0.717, 1.165) is 11.3 Å². The lowest BCUT2D eigenvalue weighted by Crippen LogP contribution is -2.25. The van der Waals surface area contributed by atoms with E-state index in [-0.39, 0.29) is 18.3 Å². The Balaban J connectivity index is 0.00000225. The number of para-hydroxylation sites is 1. The third kappa shape index (κ3) is 4.61. The van der Waals surface area contributed by atoms with Crippen molar-refractivity contribution in [2.75, 3.05) is 26.0 Å². The summed E-state index contributed by atoms with van der Waals surface area (Å²) in [5, 5.41) is 5.61. The number of likely N-dealkylation sites (N-methyl/N-ethyl adjacent to an activating group) is 1. The summed E-state index contributed by atoms with van der Waals surface area (Å²) in [6.45, 7) is 0.803. The Morgan fingerprint density at radius 3 is 2.69 bits per heavy atom. The van der Waals surface area contributed by atoms with E-state index in [9.17, 15) is 4.79 Å². The second-order valence-electron chi connectivity index (χ2n) is 3.17. The van der Waals surface area contributed by atoms with E-state index in [1.807, 2.05) is 24.3 Å². The van der Waals surface area contributed by atoms with Crippen molar-refractivity contribution in [1.82, 2.24) is 5.32 Å². The molecular weight excluding hydrogens is 228 g/mol. The molecule has 0 aromatic heterocycles. The number of anilines is 1. The molecule has 5 heteroatoms. The Kier molecular flexibility index (Phi) is 7.54. The predicted octanol–water partition coefficient (Wildman–Crippen LogP) is 1.41. The number of carbonyl (C=O) groups is 1. The van der Waals surface area contributed by atoms with E-state index in [4.69, 9.17) is 4.74 Å². The van der Waals surface area contributed by atoms with Gasteiger partial charge < -0.3 is 15.4 Å². The third-order valence-electron chi connectivity index (χ3n) is 1.93. The van der Waals surface area contributed by atoms with Gasteiger partial charge in [-0.3, -0.25) is 4.79 Å². The summed E-state index contributed by atoms with van der Waals surface area (Å²) in [7, 11) is 3.37. The minimum Gasteiger partial charge on any atom is -0.380 e. The first-order chi connectivity index (χ1) is 7.27. The fraction of sp³-hybridized carbons (Fsp3) is 0.364. The Bertz CT molecular complexity index is 332. The summed E-state index contributed by atoms with van der Waals surface area (Å²) in [6.07, 6.45) is 0. The van der Waals surface area contributed by atoms with Gasteiger partial charge in [0.25, 0.3) is 0 Å². The van der Waals surface area contributed by atoms with Crippen LogP contribution < -0.4 is 10.6 Å². The van der Waals surface area contributed by atoms with Gasteiger partial charge in [-0.1, -0.05) is 18.2 Å². The molecule has 0 saturated carbocycles. The molecule has 90 valence electrons. The van der Waals surface area contributed by atoms with Crippen LogP contribution in [-0.2, 0) is 16.1 Å². The van der Waals surface area contributed by atoms with Gasteiger partial charge in [0.05, 0.1) is 13.2 Å². The number of hydrogen-bond acceptors (Lipinski definition) is 3. The van der Waals surface area contributed by atoms with Crippen LogP contribution in [0.2, 0.25) is 0 Å². The Labute approximate surface area is 102 Å². The lowest BCUT2D eigenvalue weighted by molar-refractivity contribution is -0.115. The Morgan fingerprint density at radius 2 is 2.06 bits per heavy atom. The zero-order valence-corrected chi connectivity index (χ0v) is 10.3. The van der Waals surface area contributed by atoms with E-state index in [1.165, 1.54) is 0 Å².